The van der Waals surface area contributed by atoms with Crippen LogP contribution in [0.2, 0.25) is 0 Å². The van der Waals surface area contributed by atoms with Gasteiger partial charge >= 0.3 is 6.03 Å². The van der Waals surface area contributed by atoms with Gasteiger partial charge in [-0.2, -0.15) is 0 Å². The third-order valence-electron chi connectivity index (χ3n) is 2.74. The number of carbonyl (C=O) groups is 3. The molecule has 0 radical (unpaired) electrons. The number of nitrogens with zero attached hydrogens (tertiary/aromatic N) is 1. The molecule has 4 amide bonds. The van der Waals surface area contributed by atoms with E-state index in [0.717, 1.165) is 11.3 Å². The van der Waals surface area contributed by atoms with Crippen molar-refractivity contribution in [2.45, 2.75) is 34.1 Å². The fourth-order valence-corrected chi connectivity index (χ4v) is 1.44. The summed E-state index contributed by atoms with van der Waals surface area (Å²) < 4.78 is 0. The van der Waals surface area contributed by atoms with E-state index in [-0.39, 0.29) is 0 Å². The number of hydrogen-bond donors (Lipinski definition) is 1. The Bertz CT molecular complexity index is 334. The smallest absolute Gasteiger partial charge is 0.277 e. The molecule has 1 N–H and O–H groups in total. The van der Waals surface area contributed by atoms with Crippen molar-refractivity contribution >= 4 is 17.8 Å². The SMILES string of the molecule is CC(C)CCN1C(=O)NC(=O)C(C)(C)C1=O. The van der Waals surface area contributed by atoms with Gasteiger partial charge in [-0.3, -0.25) is 19.8 Å². The highest BCUT2D eigenvalue weighted by Crippen LogP contribution is 2.23. The minimum Gasteiger partial charge on any atom is -0.277 e. The molecule has 0 atom stereocenters. The van der Waals surface area contributed by atoms with Gasteiger partial charge in [0.15, 0.2) is 0 Å². The first-order valence-corrected chi connectivity index (χ1v) is 5.44. The summed E-state index contributed by atoms with van der Waals surface area (Å²) in [7, 11) is 0. The number of amides is 4. The summed E-state index contributed by atoms with van der Waals surface area (Å²) in [6.45, 7) is 7.45. The standard InChI is InChI=1S/C11H18N2O3/c1-7(2)5-6-13-9(15)11(3,4)8(14)12-10(13)16/h7H,5-6H2,1-4H3,(H,12,14,16). The van der Waals surface area contributed by atoms with Crippen LogP contribution < -0.4 is 5.32 Å². The number of imide groups is 2. The maximum atomic E-state index is 11.9. The van der Waals surface area contributed by atoms with Gasteiger partial charge in [0.2, 0.25) is 11.8 Å². The highest BCUT2D eigenvalue weighted by atomic mass is 16.2. The van der Waals surface area contributed by atoms with Crippen LogP contribution in [-0.4, -0.2) is 29.3 Å². The first-order chi connectivity index (χ1) is 7.26. The molecule has 0 saturated carbocycles. The molecule has 1 saturated heterocycles. The van der Waals surface area contributed by atoms with Gasteiger partial charge in [0, 0.05) is 6.54 Å². The third kappa shape index (κ3) is 2.23. The van der Waals surface area contributed by atoms with Crippen molar-refractivity contribution in [2.24, 2.45) is 11.3 Å². The number of nitrogens with one attached hydrogen (secondary N) is 1. The zero-order valence-electron chi connectivity index (χ0n) is 10.2. The monoisotopic (exact) mass is 226 g/mol. The molecule has 0 aromatic rings. The van der Waals surface area contributed by atoms with Gasteiger partial charge in [-0.25, -0.2) is 4.79 Å². The van der Waals surface area contributed by atoms with Crippen molar-refractivity contribution in [1.29, 1.82) is 0 Å². The van der Waals surface area contributed by atoms with Crippen LogP contribution in [0.25, 0.3) is 0 Å². The van der Waals surface area contributed by atoms with Crippen LogP contribution in [-0.2, 0) is 9.59 Å². The van der Waals surface area contributed by atoms with E-state index in [4.69, 9.17) is 0 Å². The lowest BCUT2D eigenvalue weighted by Gasteiger charge is -2.34. The number of urea groups is 1. The summed E-state index contributed by atoms with van der Waals surface area (Å²) in [5.74, 6) is -0.536. The third-order valence-corrected chi connectivity index (χ3v) is 2.74. The van der Waals surface area contributed by atoms with E-state index >= 15 is 0 Å². The van der Waals surface area contributed by atoms with Crippen molar-refractivity contribution in [2.75, 3.05) is 6.54 Å². The second kappa shape index (κ2) is 4.23. The average molecular weight is 226 g/mol. The van der Waals surface area contributed by atoms with E-state index in [1.54, 1.807) is 0 Å². The number of rotatable bonds is 3. The molecule has 5 heteroatoms. The average Bonchev–Trinajstić information content (AvgIpc) is 2.15. The molecule has 0 aromatic carbocycles. The Labute approximate surface area is 95.2 Å². The van der Waals surface area contributed by atoms with Gasteiger partial charge in [-0.1, -0.05) is 13.8 Å². The first-order valence-electron chi connectivity index (χ1n) is 5.44. The van der Waals surface area contributed by atoms with Crippen LogP contribution in [0.3, 0.4) is 0 Å². The van der Waals surface area contributed by atoms with Crippen molar-refractivity contribution in [3.8, 4) is 0 Å². The Kier molecular flexibility index (Phi) is 3.35. The quantitative estimate of drug-likeness (QED) is 0.734. The van der Waals surface area contributed by atoms with E-state index in [1.165, 1.54) is 13.8 Å². The normalized spacial score (nSPS) is 20.3. The minimum absolute atomic E-state index is 0.360. The Morgan fingerprint density at radius 1 is 1.25 bits per heavy atom. The molecular formula is C11H18N2O3. The van der Waals surface area contributed by atoms with Crippen LogP contribution in [0.5, 0.6) is 0 Å². The van der Waals surface area contributed by atoms with E-state index in [2.05, 4.69) is 5.32 Å². The molecule has 1 aliphatic heterocycles. The Balaban J connectivity index is 2.81. The zero-order valence-corrected chi connectivity index (χ0v) is 10.2. The van der Waals surface area contributed by atoms with Gasteiger partial charge in [0.05, 0.1) is 0 Å². The first kappa shape index (κ1) is 12.7. The minimum atomic E-state index is -1.15. The Hall–Kier alpha value is -1.39. The molecule has 1 fully saturated rings. The van der Waals surface area contributed by atoms with Gasteiger partial charge in [-0.05, 0) is 26.2 Å². The summed E-state index contributed by atoms with van der Waals surface area (Å²) in [6, 6.07) is -0.602. The second-order valence-corrected chi connectivity index (χ2v) is 5.02. The van der Waals surface area contributed by atoms with Crippen LogP contribution in [0, 0.1) is 11.3 Å². The lowest BCUT2D eigenvalue weighted by molar-refractivity contribution is -0.149. The van der Waals surface area contributed by atoms with E-state index in [0.29, 0.717) is 12.5 Å². The predicted molar refractivity (Wildman–Crippen MR) is 58.5 cm³/mol. The number of barbiturate groups is 1. The molecule has 16 heavy (non-hydrogen) atoms. The molecule has 0 bridgehead atoms. The molecule has 1 heterocycles. The van der Waals surface area contributed by atoms with Crippen LogP contribution in [0.4, 0.5) is 4.79 Å². The Morgan fingerprint density at radius 3 is 2.31 bits per heavy atom. The molecule has 1 rings (SSSR count). The largest absolute Gasteiger partial charge is 0.330 e. The predicted octanol–water partition coefficient (Wildman–Crippen LogP) is 1.14. The van der Waals surface area contributed by atoms with E-state index in [1.807, 2.05) is 13.8 Å². The van der Waals surface area contributed by atoms with Gasteiger partial charge in [0.1, 0.15) is 5.41 Å². The molecule has 90 valence electrons. The van der Waals surface area contributed by atoms with Gasteiger partial charge in [0.25, 0.3) is 0 Å². The summed E-state index contributed by atoms with van der Waals surface area (Å²) in [5, 5.41) is 2.20. The fourth-order valence-electron chi connectivity index (χ4n) is 1.44. The number of carbonyl (C=O) groups excluding carboxylic acids is 3. The maximum absolute atomic E-state index is 11.9. The topological polar surface area (TPSA) is 66.5 Å². The van der Waals surface area contributed by atoms with Crippen LogP contribution in [0.15, 0.2) is 0 Å². The molecule has 0 aliphatic carbocycles. The van der Waals surface area contributed by atoms with Crippen molar-refractivity contribution in [3.63, 3.8) is 0 Å². The summed E-state index contributed by atoms with van der Waals surface area (Å²) >= 11 is 0. The lowest BCUT2D eigenvalue weighted by atomic mass is 9.88. The molecule has 1 aliphatic rings. The summed E-state index contributed by atoms with van der Waals surface area (Å²) in [5.41, 5.74) is -1.15. The summed E-state index contributed by atoms with van der Waals surface area (Å²) in [6.07, 6.45) is 0.740. The highest BCUT2D eigenvalue weighted by molar-refractivity contribution is 6.18. The van der Waals surface area contributed by atoms with E-state index in [9.17, 15) is 14.4 Å². The second-order valence-electron chi connectivity index (χ2n) is 5.02. The van der Waals surface area contributed by atoms with E-state index < -0.39 is 23.3 Å². The van der Waals surface area contributed by atoms with Crippen LogP contribution >= 0.6 is 0 Å². The van der Waals surface area contributed by atoms with Crippen molar-refractivity contribution in [3.05, 3.63) is 0 Å². The maximum Gasteiger partial charge on any atom is 0.330 e. The molecular weight excluding hydrogens is 208 g/mol. The molecule has 5 nitrogen and oxygen atoms in total. The lowest BCUT2D eigenvalue weighted by Crippen LogP contribution is -2.62. The Morgan fingerprint density at radius 2 is 1.81 bits per heavy atom. The fraction of sp³-hybridized carbons (Fsp3) is 0.727. The van der Waals surface area contributed by atoms with Crippen molar-refractivity contribution in [1.82, 2.24) is 10.2 Å². The van der Waals surface area contributed by atoms with Gasteiger partial charge < -0.3 is 0 Å². The molecule has 0 spiro atoms. The molecule has 0 unspecified atom stereocenters. The molecule has 0 aromatic heterocycles. The van der Waals surface area contributed by atoms with Crippen molar-refractivity contribution < 1.29 is 14.4 Å². The summed E-state index contributed by atoms with van der Waals surface area (Å²) in [4.78, 5) is 36.0. The zero-order chi connectivity index (χ0) is 12.5. The number of hydrogen-bond acceptors (Lipinski definition) is 3. The highest BCUT2D eigenvalue weighted by Gasteiger charge is 2.46. The van der Waals surface area contributed by atoms with Crippen LogP contribution in [0.1, 0.15) is 34.1 Å². The van der Waals surface area contributed by atoms with Gasteiger partial charge in [-0.15, -0.1) is 0 Å².